The van der Waals surface area contributed by atoms with E-state index in [9.17, 15) is 4.39 Å². The highest BCUT2D eigenvalue weighted by Crippen LogP contribution is 2.44. The molecule has 17 heavy (non-hydrogen) atoms. The first kappa shape index (κ1) is 12.6. The summed E-state index contributed by atoms with van der Waals surface area (Å²) in [6, 6.07) is 7.09. The SMILES string of the molecule is CCC1(C(N)Cc2ccccc2F)CCCC1. The van der Waals surface area contributed by atoms with Crippen LogP contribution in [-0.2, 0) is 6.42 Å². The van der Waals surface area contributed by atoms with Crippen LogP contribution in [0.5, 0.6) is 0 Å². The standard InChI is InChI=1S/C15H22FN/c1-2-15(9-5-6-10-15)14(17)11-12-7-3-4-8-13(12)16/h3-4,7-8,14H,2,5-6,9-11,17H2,1H3. The highest BCUT2D eigenvalue weighted by atomic mass is 19.1. The van der Waals surface area contributed by atoms with Gasteiger partial charge in [-0.2, -0.15) is 0 Å². The predicted molar refractivity (Wildman–Crippen MR) is 69.3 cm³/mol. The van der Waals surface area contributed by atoms with Gasteiger partial charge in [0.2, 0.25) is 0 Å². The largest absolute Gasteiger partial charge is 0.327 e. The molecule has 0 heterocycles. The van der Waals surface area contributed by atoms with Gasteiger partial charge in [0.1, 0.15) is 5.82 Å². The summed E-state index contributed by atoms with van der Waals surface area (Å²) < 4.78 is 13.6. The van der Waals surface area contributed by atoms with Crippen LogP contribution in [0.2, 0.25) is 0 Å². The first-order valence-electron chi connectivity index (χ1n) is 6.67. The number of rotatable bonds is 4. The van der Waals surface area contributed by atoms with Crippen molar-refractivity contribution in [3.63, 3.8) is 0 Å². The minimum atomic E-state index is -0.118. The van der Waals surface area contributed by atoms with Gasteiger partial charge in [-0.05, 0) is 42.7 Å². The molecular weight excluding hydrogens is 213 g/mol. The quantitative estimate of drug-likeness (QED) is 0.846. The monoisotopic (exact) mass is 235 g/mol. The summed E-state index contributed by atoms with van der Waals surface area (Å²) in [5, 5.41) is 0. The van der Waals surface area contributed by atoms with Crippen molar-refractivity contribution in [2.75, 3.05) is 0 Å². The van der Waals surface area contributed by atoms with E-state index in [1.54, 1.807) is 6.07 Å². The fourth-order valence-corrected chi connectivity index (χ4v) is 3.18. The second-order valence-corrected chi connectivity index (χ2v) is 5.33. The van der Waals surface area contributed by atoms with Gasteiger partial charge in [-0.15, -0.1) is 0 Å². The van der Waals surface area contributed by atoms with E-state index < -0.39 is 0 Å². The molecular formula is C15H22FN. The Bertz CT molecular complexity index is 369. The summed E-state index contributed by atoms with van der Waals surface area (Å²) in [7, 11) is 0. The topological polar surface area (TPSA) is 26.0 Å². The highest BCUT2D eigenvalue weighted by Gasteiger charge is 2.37. The van der Waals surface area contributed by atoms with E-state index in [1.165, 1.54) is 31.7 Å². The normalized spacial score (nSPS) is 20.4. The second-order valence-electron chi connectivity index (χ2n) is 5.33. The number of hydrogen-bond acceptors (Lipinski definition) is 1. The van der Waals surface area contributed by atoms with Crippen molar-refractivity contribution < 1.29 is 4.39 Å². The van der Waals surface area contributed by atoms with Crippen LogP contribution in [0.15, 0.2) is 24.3 Å². The lowest BCUT2D eigenvalue weighted by atomic mass is 9.74. The van der Waals surface area contributed by atoms with Crippen LogP contribution in [0.25, 0.3) is 0 Å². The maximum absolute atomic E-state index is 13.6. The van der Waals surface area contributed by atoms with Crippen LogP contribution in [0.4, 0.5) is 4.39 Å². The van der Waals surface area contributed by atoms with E-state index in [1.807, 2.05) is 12.1 Å². The van der Waals surface area contributed by atoms with Gasteiger partial charge < -0.3 is 5.73 Å². The molecule has 94 valence electrons. The predicted octanol–water partition coefficient (Wildman–Crippen LogP) is 3.67. The molecule has 0 bridgehead atoms. The molecule has 1 aliphatic rings. The van der Waals surface area contributed by atoms with E-state index in [0.717, 1.165) is 12.0 Å². The smallest absolute Gasteiger partial charge is 0.126 e. The first-order valence-corrected chi connectivity index (χ1v) is 6.67. The molecule has 2 N–H and O–H groups in total. The molecule has 0 spiro atoms. The zero-order chi connectivity index (χ0) is 12.3. The average Bonchev–Trinajstić information content (AvgIpc) is 2.82. The Balaban J connectivity index is 2.10. The van der Waals surface area contributed by atoms with E-state index >= 15 is 0 Å². The van der Waals surface area contributed by atoms with Crippen molar-refractivity contribution in [2.24, 2.45) is 11.1 Å². The molecule has 1 saturated carbocycles. The van der Waals surface area contributed by atoms with E-state index in [-0.39, 0.29) is 17.3 Å². The van der Waals surface area contributed by atoms with Crippen LogP contribution >= 0.6 is 0 Å². The van der Waals surface area contributed by atoms with Gasteiger partial charge in [0.15, 0.2) is 0 Å². The Labute approximate surface area is 103 Å². The summed E-state index contributed by atoms with van der Waals surface area (Å²) in [6.07, 6.45) is 6.75. The average molecular weight is 235 g/mol. The Hall–Kier alpha value is -0.890. The minimum absolute atomic E-state index is 0.0897. The lowest BCUT2D eigenvalue weighted by Crippen LogP contribution is -2.41. The van der Waals surface area contributed by atoms with Gasteiger partial charge in [0.05, 0.1) is 0 Å². The molecule has 1 aliphatic carbocycles. The maximum atomic E-state index is 13.6. The molecule has 1 atom stereocenters. The molecule has 0 radical (unpaired) electrons. The van der Waals surface area contributed by atoms with E-state index in [0.29, 0.717) is 6.42 Å². The molecule has 1 fully saturated rings. The number of benzene rings is 1. The molecule has 2 rings (SSSR count). The number of hydrogen-bond donors (Lipinski definition) is 1. The molecule has 0 amide bonds. The van der Waals surface area contributed by atoms with Crippen LogP contribution in [0.1, 0.15) is 44.6 Å². The summed E-state index contributed by atoms with van der Waals surface area (Å²) in [6.45, 7) is 2.21. The Morgan fingerprint density at radius 3 is 2.53 bits per heavy atom. The maximum Gasteiger partial charge on any atom is 0.126 e. The Kier molecular flexibility index (Phi) is 3.82. The molecule has 1 aromatic carbocycles. The van der Waals surface area contributed by atoms with Gasteiger partial charge in [-0.25, -0.2) is 4.39 Å². The van der Waals surface area contributed by atoms with E-state index in [4.69, 9.17) is 5.73 Å². The lowest BCUT2D eigenvalue weighted by Gasteiger charge is -2.34. The van der Waals surface area contributed by atoms with Crippen molar-refractivity contribution >= 4 is 0 Å². The second kappa shape index (κ2) is 5.18. The summed E-state index contributed by atoms with van der Waals surface area (Å²) in [4.78, 5) is 0. The third-order valence-corrected chi connectivity index (χ3v) is 4.49. The molecule has 0 aromatic heterocycles. The van der Waals surface area contributed by atoms with Crippen LogP contribution in [0, 0.1) is 11.2 Å². The van der Waals surface area contributed by atoms with Crippen molar-refractivity contribution in [1.82, 2.24) is 0 Å². The third-order valence-electron chi connectivity index (χ3n) is 4.49. The lowest BCUT2D eigenvalue weighted by molar-refractivity contribution is 0.218. The van der Waals surface area contributed by atoms with Crippen molar-refractivity contribution in [1.29, 1.82) is 0 Å². The Morgan fingerprint density at radius 1 is 1.29 bits per heavy atom. The van der Waals surface area contributed by atoms with Gasteiger partial charge in [0, 0.05) is 6.04 Å². The van der Waals surface area contributed by atoms with E-state index in [2.05, 4.69) is 6.92 Å². The number of nitrogens with two attached hydrogens (primary N) is 1. The molecule has 0 saturated heterocycles. The summed E-state index contributed by atoms with van der Waals surface area (Å²) in [5.74, 6) is -0.118. The zero-order valence-electron chi connectivity index (χ0n) is 10.6. The third kappa shape index (κ3) is 2.52. The van der Waals surface area contributed by atoms with Crippen molar-refractivity contribution in [2.45, 2.75) is 51.5 Å². The van der Waals surface area contributed by atoms with Gasteiger partial charge in [0.25, 0.3) is 0 Å². The first-order chi connectivity index (χ1) is 8.18. The van der Waals surface area contributed by atoms with Gasteiger partial charge >= 0.3 is 0 Å². The number of halogens is 1. The minimum Gasteiger partial charge on any atom is -0.327 e. The summed E-state index contributed by atoms with van der Waals surface area (Å²) >= 11 is 0. The van der Waals surface area contributed by atoms with Crippen LogP contribution < -0.4 is 5.73 Å². The van der Waals surface area contributed by atoms with Crippen molar-refractivity contribution in [3.8, 4) is 0 Å². The summed E-state index contributed by atoms with van der Waals surface area (Å²) in [5.41, 5.74) is 7.37. The molecule has 1 nitrogen and oxygen atoms in total. The fraction of sp³-hybridized carbons (Fsp3) is 0.600. The molecule has 1 aromatic rings. The molecule has 1 unspecified atom stereocenters. The van der Waals surface area contributed by atoms with Gasteiger partial charge in [-0.3, -0.25) is 0 Å². The van der Waals surface area contributed by atoms with Crippen LogP contribution in [0.3, 0.4) is 0 Å². The fourth-order valence-electron chi connectivity index (χ4n) is 3.18. The Morgan fingerprint density at radius 2 is 1.94 bits per heavy atom. The zero-order valence-corrected chi connectivity index (χ0v) is 10.6. The highest BCUT2D eigenvalue weighted by molar-refractivity contribution is 5.19. The van der Waals surface area contributed by atoms with Gasteiger partial charge in [-0.1, -0.05) is 38.0 Å². The molecule has 2 heteroatoms. The van der Waals surface area contributed by atoms with Crippen molar-refractivity contribution in [3.05, 3.63) is 35.6 Å². The molecule has 0 aliphatic heterocycles. The van der Waals surface area contributed by atoms with Crippen LogP contribution in [-0.4, -0.2) is 6.04 Å².